The van der Waals surface area contributed by atoms with E-state index in [1.54, 1.807) is 30.5 Å². The number of hydrogen-bond donors (Lipinski definition) is 1. The number of aryl methyl sites for hydroxylation is 2. The first-order valence-electron chi connectivity index (χ1n) is 9.57. The first kappa shape index (κ1) is 20.7. The van der Waals surface area contributed by atoms with Gasteiger partial charge >= 0.3 is 0 Å². The van der Waals surface area contributed by atoms with Crippen LogP contribution in [0, 0.1) is 6.92 Å². The van der Waals surface area contributed by atoms with Gasteiger partial charge in [-0.2, -0.15) is 0 Å². The van der Waals surface area contributed by atoms with E-state index in [1.165, 1.54) is 5.56 Å². The molecule has 0 aliphatic heterocycles. The lowest BCUT2D eigenvalue weighted by molar-refractivity contribution is 0.572. The van der Waals surface area contributed by atoms with Crippen molar-refractivity contribution in [1.29, 1.82) is 0 Å². The Balaban J connectivity index is 1.52. The maximum absolute atomic E-state index is 12.5. The summed E-state index contributed by atoms with van der Waals surface area (Å²) in [5.74, 6) is 0.833. The van der Waals surface area contributed by atoms with Crippen LogP contribution in [-0.2, 0) is 16.6 Å². The van der Waals surface area contributed by atoms with Crippen molar-refractivity contribution in [3.63, 3.8) is 0 Å². The number of pyridine rings is 1. The Morgan fingerprint density at radius 2 is 1.77 bits per heavy atom. The van der Waals surface area contributed by atoms with E-state index in [2.05, 4.69) is 37.8 Å². The molecule has 154 valence electrons. The summed E-state index contributed by atoms with van der Waals surface area (Å²) < 4.78 is 30.5. The van der Waals surface area contributed by atoms with Crippen LogP contribution in [0.3, 0.4) is 0 Å². The van der Waals surface area contributed by atoms with Crippen molar-refractivity contribution in [2.24, 2.45) is 0 Å². The van der Waals surface area contributed by atoms with Crippen LogP contribution in [0.4, 0.5) is 0 Å². The highest BCUT2D eigenvalue weighted by Gasteiger charge is 2.15. The first-order chi connectivity index (χ1) is 14.4. The van der Waals surface area contributed by atoms with Crippen LogP contribution in [-0.4, -0.2) is 29.5 Å². The van der Waals surface area contributed by atoms with Gasteiger partial charge in [-0.15, -0.1) is 0 Å². The van der Waals surface area contributed by atoms with Crippen LogP contribution in [0.15, 0.2) is 76.2 Å². The molecule has 0 spiro atoms. The number of halogens is 1. The molecule has 0 aliphatic carbocycles. The lowest BCUT2D eigenvalue weighted by Crippen LogP contribution is -2.25. The van der Waals surface area contributed by atoms with E-state index in [0.29, 0.717) is 19.5 Å². The molecular formula is C22H21BrN4O2S. The minimum Gasteiger partial charge on any atom is -0.309 e. The van der Waals surface area contributed by atoms with Crippen molar-refractivity contribution in [2.45, 2.75) is 24.8 Å². The Hall–Kier alpha value is -2.55. The summed E-state index contributed by atoms with van der Waals surface area (Å²) in [7, 11) is -3.54. The topological polar surface area (TPSA) is 76.9 Å². The van der Waals surface area contributed by atoms with Crippen LogP contribution in [0.1, 0.15) is 12.0 Å². The highest BCUT2D eigenvalue weighted by Crippen LogP contribution is 2.24. The summed E-state index contributed by atoms with van der Waals surface area (Å²) >= 11 is 3.32. The number of benzene rings is 2. The fraction of sp³-hybridized carbons (Fsp3) is 0.182. The standard InChI is InChI=1S/C22H21BrN4O2S/c1-16-5-7-17(8-6-16)21-26-20-4-2-13-24-22(20)27(21)15-3-14-25-30(28,29)19-11-9-18(23)10-12-19/h2,4-13,25H,3,14-15H2,1H3. The molecule has 2 aromatic heterocycles. The number of nitrogens with one attached hydrogen (secondary N) is 1. The minimum atomic E-state index is -3.54. The zero-order valence-corrected chi connectivity index (χ0v) is 18.8. The van der Waals surface area contributed by atoms with Crippen molar-refractivity contribution in [2.75, 3.05) is 6.54 Å². The zero-order chi connectivity index (χ0) is 21.1. The molecule has 0 saturated carbocycles. The van der Waals surface area contributed by atoms with Gasteiger partial charge < -0.3 is 4.57 Å². The van der Waals surface area contributed by atoms with Gasteiger partial charge in [0.2, 0.25) is 10.0 Å². The number of imidazole rings is 1. The van der Waals surface area contributed by atoms with Crippen LogP contribution in [0.5, 0.6) is 0 Å². The molecule has 0 unspecified atom stereocenters. The molecule has 0 fully saturated rings. The monoisotopic (exact) mass is 484 g/mol. The van der Waals surface area contributed by atoms with E-state index in [0.717, 1.165) is 27.0 Å². The number of aromatic nitrogens is 3. The van der Waals surface area contributed by atoms with Crippen molar-refractivity contribution in [3.8, 4) is 11.4 Å². The number of hydrogen-bond acceptors (Lipinski definition) is 4. The van der Waals surface area contributed by atoms with Gasteiger partial charge in [0, 0.05) is 29.3 Å². The van der Waals surface area contributed by atoms with E-state index in [4.69, 9.17) is 4.98 Å². The zero-order valence-electron chi connectivity index (χ0n) is 16.4. The van der Waals surface area contributed by atoms with E-state index >= 15 is 0 Å². The van der Waals surface area contributed by atoms with Gasteiger partial charge in [-0.05, 0) is 49.7 Å². The van der Waals surface area contributed by atoms with Crippen LogP contribution >= 0.6 is 15.9 Å². The summed E-state index contributed by atoms with van der Waals surface area (Å²) in [6.07, 6.45) is 2.35. The largest absolute Gasteiger partial charge is 0.309 e. The quantitative estimate of drug-likeness (QED) is 0.390. The number of nitrogens with zero attached hydrogens (tertiary/aromatic N) is 3. The fourth-order valence-electron chi connectivity index (χ4n) is 3.23. The SMILES string of the molecule is Cc1ccc(-c2nc3cccnc3n2CCCNS(=O)(=O)c2ccc(Br)cc2)cc1. The Labute approximate surface area is 184 Å². The predicted octanol–water partition coefficient (Wildman–Crippen LogP) is 4.54. The minimum absolute atomic E-state index is 0.251. The molecule has 6 nitrogen and oxygen atoms in total. The molecule has 0 bridgehead atoms. The average molecular weight is 485 g/mol. The molecular weight excluding hydrogens is 464 g/mol. The van der Waals surface area contributed by atoms with Gasteiger partial charge in [0.15, 0.2) is 5.65 Å². The second-order valence-corrected chi connectivity index (χ2v) is 9.69. The van der Waals surface area contributed by atoms with Crippen molar-refractivity contribution >= 4 is 37.1 Å². The lowest BCUT2D eigenvalue weighted by Gasteiger charge is -2.10. The average Bonchev–Trinajstić information content (AvgIpc) is 3.11. The molecule has 30 heavy (non-hydrogen) atoms. The summed E-state index contributed by atoms with van der Waals surface area (Å²) in [5, 5.41) is 0. The highest BCUT2D eigenvalue weighted by atomic mass is 79.9. The van der Waals surface area contributed by atoms with Gasteiger partial charge in [-0.1, -0.05) is 45.8 Å². The lowest BCUT2D eigenvalue weighted by atomic mass is 10.1. The Kier molecular flexibility index (Phi) is 5.99. The highest BCUT2D eigenvalue weighted by molar-refractivity contribution is 9.10. The van der Waals surface area contributed by atoms with Crippen molar-refractivity contribution in [3.05, 3.63) is 76.9 Å². The molecule has 4 aromatic rings. The Morgan fingerprint density at radius 1 is 1.03 bits per heavy atom. The summed E-state index contributed by atoms with van der Waals surface area (Å²) in [5.41, 5.74) is 3.81. The van der Waals surface area contributed by atoms with E-state index in [9.17, 15) is 8.42 Å². The molecule has 0 saturated heterocycles. The predicted molar refractivity (Wildman–Crippen MR) is 122 cm³/mol. The normalized spacial score (nSPS) is 11.8. The number of sulfonamides is 1. The van der Waals surface area contributed by atoms with Gasteiger partial charge in [-0.3, -0.25) is 0 Å². The second-order valence-electron chi connectivity index (χ2n) is 7.00. The molecule has 0 atom stereocenters. The summed E-state index contributed by atoms with van der Waals surface area (Å²) in [4.78, 5) is 9.49. The number of fused-ring (bicyclic) bond motifs is 1. The van der Waals surface area contributed by atoms with Crippen LogP contribution in [0.25, 0.3) is 22.6 Å². The van der Waals surface area contributed by atoms with E-state index in [1.807, 2.05) is 35.8 Å². The van der Waals surface area contributed by atoms with Gasteiger partial charge in [0.1, 0.15) is 11.3 Å². The van der Waals surface area contributed by atoms with Gasteiger partial charge in [0.25, 0.3) is 0 Å². The van der Waals surface area contributed by atoms with Crippen LogP contribution in [0.2, 0.25) is 0 Å². The molecule has 0 aliphatic rings. The third kappa shape index (κ3) is 4.45. The molecule has 2 heterocycles. The number of rotatable bonds is 7. The van der Waals surface area contributed by atoms with Crippen molar-refractivity contribution in [1.82, 2.24) is 19.3 Å². The molecule has 0 amide bonds. The smallest absolute Gasteiger partial charge is 0.240 e. The second kappa shape index (κ2) is 8.67. The molecule has 1 N–H and O–H groups in total. The summed E-state index contributed by atoms with van der Waals surface area (Å²) in [6.45, 7) is 2.96. The molecule has 2 aromatic carbocycles. The van der Waals surface area contributed by atoms with Crippen molar-refractivity contribution < 1.29 is 8.42 Å². The van der Waals surface area contributed by atoms with E-state index in [-0.39, 0.29) is 4.90 Å². The fourth-order valence-corrected chi connectivity index (χ4v) is 4.57. The molecule has 0 radical (unpaired) electrons. The first-order valence-corrected chi connectivity index (χ1v) is 11.9. The maximum atomic E-state index is 12.5. The molecule has 4 rings (SSSR count). The van der Waals surface area contributed by atoms with E-state index < -0.39 is 10.0 Å². The molecule has 8 heteroatoms. The van der Waals surface area contributed by atoms with Crippen LogP contribution < -0.4 is 4.72 Å². The van der Waals surface area contributed by atoms with Gasteiger partial charge in [0.05, 0.1) is 4.90 Å². The third-order valence-electron chi connectivity index (χ3n) is 4.79. The Bertz CT molecular complexity index is 1270. The van der Waals surface area contributed by atoms with Gasteiger partial charge in [-0.25, -0.2) is 23.1 Å². The third-order valence-corrected chi connectivity index (χ3v) is 6.79. The Morgan fingerprint density at radius 3 is 2.50 bits per heavy atom. The summed E-state index contributed by atoms with van der Waals surface area (Å²) in [6, 6.07) is 18.6. The maximum Gasteiger partial charge on any atom is 0.240 e.